The van der Waals surface area contributed by atoms with E-state index in [2.05, 4.69) is 21.0 Å². The maximum Gasteiger partial charge on any atom is 0.144 e. The first kappa shape index (κ1) is 26.0. The van der Waals surface area contributed by atoms with E-state index in [0.29, 0.717) is 44.9 Å². The zero-order valence-electron chi connectivity index (χ0n) is 44.2. The van der Waals surface area contributed by atoms with Crippen LogP contribution in [0, 0.1) is 25.2 Å². The summed E-state index contributed by atoms with van der Waals surface area (Å²) in [7, 11) is 0. The highest BCUT2D eigenvalue weighted by atomic mass is 16.3. The van der Waals surface area contributed by atoms with Gasteiger partial charge in [0.2, 0.25) is 0 Å². The van der Waals surface area contributed by atoms with E-state index in [1.54, 1.807) is 44.2 Å². The van der Waals surface area contributed by atoms with E-state index in [9.17, 15) is 21.7 Å². The molecule has 5 nitrogen and oxygen atoms in total. The van der Waals surface area contributed by atoms with Gasteiger partial charge in [-0.1, -0.05) is 103 Å². The van der Waals surface area contributed by atoms with Crippen LogP contribution in [0.2, 0.25) is 0 Å². The number of benzene rings is 5. The molecule has 0 aliphatic heterocycles. The zero-order valence-corrected chi connectivity index (χ0v) is 32.2. The predicted molar refractivity (Wildman–Crippen MR) is 239 cm³/mol. The predicted octanol–water partition coefficient (Wildman–Crippen LogP) is 12.6. The lowest BCUT2D eigenvalue weighted by Gasteiger charge is -2.13. The summed E-state index contributed by atoms with van der Waals surface area (Å²) >= 11 is 0. The van der Waals surface area contributed by atoms with Gasteiger partial charge in [-0.3, -0.25) is 15.0 Å². The molecule has 0 spiro atoms. The normalized spacial score (nSPS) is 15.7. The number of hydrogen-bond acceptors (Lipinski definition) is 5. The first-order chi connectivity index (χ1) is 33.5. The van der Waals surface area contributed by atoms with Crippen LogP contribution in [-0.2, 0) is 38.2 Å². The minimum Gasteiger partial charge on any atom is -0.455 e. The molecule has 0 amide bonds. The number of nitrogens with zero attached hydrogens (tertiary/aromatic N) is 4. The highest BCUT2D eigenvalue weighted by Crippen LogP contribution is 2.37. The summed E-state index contributed by atoms with van der Waals surface area (Å²) in [5.74, 6) is 0. The van der Waals surface area contributed by atoms with Crippen molar-refractivity contribution in [1.82, 2.24) is 15.0 Å². The minimum absolute atomic E-state index is 0.183. The summed E-state index contributed by atoms with van der Waals surface area (Å²) in [6, 6.07) is 39.8. The number of furan rings is 1. The molecule has 286 valence electrons. The van der Waals surface area contributed by atoms with Crippen molar-refractivity contribution in [3.8, 4) is 39.8 Å². The Morgan fingerprint density at radius 2 is 1.05 bits per heavy atom. The van der Waals surface area contributed by atoms with Crippen molar-refractivity contribution in [2.75, 3.05) is 0 Å². The second-order valence-corrected chi connectivity index (χ2v) is 14.0. The van der Waals surface area contributed by atoms with Crippen LogP contribution in [0.4, 0.5) is 0 Å². The number of hydrogen-bond donors (Lipinski definition) is 0. The Balaban J connectivity index is 1.14. The highest BCUT2D eigenvalue weighted by molar-refractivity contribution is 6.10. The molecule has 0 saturated carbocycles. The second-order valence-electron chi connectivity index (χ2n) is 14.0. The topological polar surface area (TPSA) is 75.6 Å². The van der Waals surface area contributed by atoms with Gasteiger partial charge in [-0.05, 0) is 127 Å². The van der Waals surface area contributed by atoms with Crippen LogP contribution in [0.25, 0.3) is 55.7 Å². The molecule has 0 unspecified atom stereocenters. The maximum absolute atomic E-state index is 9.64. The van der Waals surface area contributed by atoms with E-state index < -0.39 is 54.9 Å². The Bertz CT molecular complexity index is 3390. The second kappa shape index (κ2) is 16.7. The van der Waals surface area contributed by atoms with Gasteiger partial charge in [0.25, 0.3) is 0 Å². The molecule has 9 aromatic rings. The number of aromatic nitrogens is 3. The Morgan fingerprint density at radius 1 is 0.508 bits per heavy atom. The van der Waals surface area contributed by atoms with Crippen molar-refractivity contribution in [2.24, 2.45) is 0 Å². The lowest BCUT2D eigenvalue weighted by molar-refractivity contribution is 0.666. The third-order valence-electron chi connectivity index (χ3n) is 10.1. The van der Waals surface area contributed by atoms with E-state index in [0.717, 1.165) is 40.1 Å². The fraction of sp³-hybridized carbons (Fsp3) is 0.148. The summed E-state index contributed by atoms with van der Waals surface area (Å²) in [4.78, 5) is 13.4. The summed E-state index contributed by atoms with van der Waals surface area (Å²) < 4.78 is 119. The molecule has 4 heterocycles. The van der Waals surface area contributed by atoms with Crippen molar-refractivity contribution in [2.45, 2.75) is 52.1 Å². The average Bonchev–Trinajstić information content (AvgIpc) is 3.76. The summed E-state index contributed by atoms with van der Waals surface area (Å²) in [6.45, 7) is 3.39. The number of fused-ring (bicyclic) bond motifs is 3. The molecule has 0 bridgehead atoms. The molecule has 0 fully saturated rings. The van der Waals surface area contributed by atoms with E-state index in [1.165, 1.54) is 30.7 Å². The lowest BCUT2D eigenvalue weighted by atomic mass is 9.94. The highest BCUT2D eigenvalue weighted by Gasteiger charge is 2.17. The third kappa shape index (κ3) is 8.17. The van der Waals surface area contributed by atoms with Crippen LogP contribution in [0.1, 0.15) is 66.5 Å². The van der Waals surface area contributed by atoms with Gasteiger partial charge in [0.05, 0.1) is 28.7 Å². The van der Waals surface area contributed by atoms with Gasteiger partial charge in [0.1, 0.15) is 11.2 Å². The summed E-state index contributed by atoms with van der Waals surface area (Å²) in [6.07, 6.45) is -14.5. The Kier molecular flexibility index (Phi) is 7.37. The molecule has 0 saturated heterocycles. The summed E-state index contributed by atoms with van der Waals surface area (Å²) in [5.41, 5.74) is 3.62. The van der Waals surface area contributed by atoms with Gasteiger partial charge in [-0.25, -0.2) is 0 Å². The number of para-hydroxylation sites is 1. The summed E-state index contributed by atoms with van der Waals surface area (Å²) in [5, 5.41) is 11.2. The van der Waals surface area contributed by atoms with Gasteiger partial charge >= 0.3 is 0 Å². The quantitative estimate of drug-likeness (QED) is 0.123. The molecule has 9 rings (SSSR count). The van der Waals surface area contributed by atoms with Crippen LogP contribution in [-0.4, -0.2) is 15.0 Å². The molecule has 5 heteroatoms. The molecule has 4 aromatic heterocycles. The first-order valence-corrected chi connectivity index (χ1v) is 19.1. The van der Waals surface area contributed by atoms with Gasteiger partial charge in [0, 0.05) is 68.1 Å². The average molecular weight is 777 g/mol. The van der Waals surface area contributed by atoms with Crippen molar-refractivity contribution in [1.29, 1.82) is 5.26 Å². The molecule has 0 radical (unpaired) electrons. The zero-order chi connectivity index (χ0) is 50.9. The monoisotopic (exact) mass is 776 g/mol. The van der Waals surface area contributed by atoms with Gasteiger partial charge in [-0.2, -0.15) is 5.26 Å². The molecule has 0 aliphatic carbocycles. The third-order valence-corrected chi connectivity index (χ3v) is 10.1. The van der Waals surface area contributed by atoms with Crippen LogP contribution in [0.5, 0.6) is 0 Å². The molecule has 59 heavy (non-hydrogen) atoms. The standard InChI is InChI=1S/C54H44N4O/c1-36-28-52(49-15-9-14-47-48-25-24-45(32-55)37(2)53(48)59-54(47)49)58-35-46(36)23-20-42-30-40(18-16-38-21-26-50(56-33-38)43-10-5-3-6-11-43)29-41(31-42)19-17-39-22-27-51(57-34-39)44-12-7-4-8-13-44/h3-15,21-22,24-31,33-35H,16-20,23H2,1-2H3/i16D2,17D2,18D2,19D2,20D2,23D2. The Hall–Kier alpha value is -7.16. The number of rotatable bonds is 12. The van der Waals surface area contributed by atoms with Crippen LogP contribution in [0.3, 0.4) is 0 Å². The number of pyridine rings is 3. The molecule has 0 N–H and O–H groups in total. The van der Waals surface area contributed by atoms with Gasteiger partial charge < -0.3 is 4.42 Å². The van der Waals surface area contributed by atoms with E-state index >= 15 is 0 Å². The molecule has 0 atom stereocenters. The van der Waals surface area contributed by atoms with E-state index in [-0.39, 0.29) is 22.3 Å². The van der Waals surface area contributed by atoms with E-state index in [1.807, 2.05) is 78.9 Å². The first-order valence-electron chi connectivity index (χ1n) is 25.1. The molecular weight excluding hydrogens is 721 g/mol. The number of nitriles is 1. The minimum atomic E-state index is -3.12. The maximum atomic E-state index is 9.64. The molecular formula is C54H44N4O. The van der Waals surface area contributed by atoms with Crippen molar-refractivity contribution >= 4 is 21.9 Å². The van der Waals surface area contributed by atoms with Crippen LogP contribution < -0.4 is 0 Å². The Labute approximate surface area is 362 Å². The molecule has 0 aliphatic rings. The lowest BCUT2D eigenvalue weighted by Crippen LogP contribution is -2.01. The largest absolute Gasteiger partial charge is 0.455 e. The van der Waals surface area contributed by atoms with E-state index in [4.69, 9.17) is 4.42 Å². The van der Waals surface area contributed by atoms with Gasteiger partial charge in [-0.15, -0.1) is 0 Å². The smallest absolute Gasteiger partial charge is 0.144 e. The molecule has 5 aromatic carbocycles. The fourth-order valence-corrected chi connectivity index (χ4v) is 6.92. The van der Waals surface area contributed by atoms with Gasteiger partial charge in [0.15, 0.2) is 0 Å². The Morgan fingerprint density at radius 3 is 1.59 bits per heavy atom. The van der Waals surface area contributed by atoms with Crippen LogP contribution >= 0.6 is 0 Å². The van der Waals surface area contributed by atoms with Crippen LogP contribution in [0.15, 0.2) is 163 Å². The van der Waals surface area contributed by atoms with Crippen molar-refractivity contribution in [3.63, 3.8) is 0 Å². The van der Waals surface area contributed by atoms with Crippen molar-refractivity contribution < 1.29 is 20.9 Å². The number of aryl methyl sites for hydroxylation is 8. The SMILES string of the molecule is [2H]C([2H])(c1ccc(-c2ccccc2)nc1)C([2H])([2H])c1cc(C([2H])([2H])C([2H])([2H])c2ccc(-c3ccccc3)nc2)cc(C([2H])([2H])C([2H])([2H])c2cnc(-c3cccc4c3oc3c(C)c(C#N)ccc34)cc2C)c1. The fourth-order valence-electron chi connectivity index (χ4n) is 6.92. The van der Waals surface area contributed by atoms with Crippen molar-refractivity contribution in [3.05, 3.63) is 208 Å².